The van der Waals surface area contributed by atoms with Gasteiger partial charge in [0.05, 0.1) is 10.6 Å². The van der Waals surface area contributed by atoms with E-state index in [1.807, 2.05) is 13.8 Å². The summed E-state index contributed by atoms with van der Waals surface area (Å²) < 4.78 is 56.1. The normalized spacial score (nSPS) is 11.7. The van der Waals surface area contributed by atoms with Crippen molar-refractivity contribution in [2.75, 3.05) is 0 Å². The van der Waals surface area contributed by atoms with Gasteiger partial charge in [0, 0.05) is 23.4 Å². The van der Waals surface area contributed by atoms with Crippen LogP contribution in [0.1, 0.15) is 24.3 Å². The summed E-state index contributed by atoms with van der Waals surface area (Å²) >= 11 is 7.47. The summed E-state index contributed by atoms with van der Waals surface area (Å²) in [6.45, 7) is 7.26. The monoisotopic (exact) mass is 496 g/mol. The van der Waals surface area contributed by atoms with Gasteiger partial charge in [-0.1, -0.05) is 44.2 Å². The Labute approximate surface area is 194 Å². The number of thioether (sulfide) groups is 1. The molecule has 0 radical (unpaired) electrons. The molecule has 0 saturated carbocycles. The standard InChI is InChI=1S/C22H19ClF2N2O3S2/c1-12(2)31-18-10-5-7-14(23)21(18)32(29,30)13(3)20(28)17-11-27(4)22(26-17)19-15(24)8-6-9-16(19)25/h5-12H,3H2,1-2,4H3. The van der Waals surface area contributed by atoms with Gasteiger partial charge < -0.3 is 4.57 Å². The Morgan fingerprint density at radius 1 is 1.16 bits per heavy atom. The number of aromatic nitrogens is 2. The Morgan fingerprint density at radius 3 is 2.34 bits per heavy atom. The number of hydrogen-bond donors (Lipinski definition) is 0. The van der Waals surface area contributed by atoms with Gasteiger partial charge in [-0.25, -0.2) is 22.2 Å². The van der Waals surface area contributed by atoms with Crippen molar-refractivity contribution in [1.29, 1.82) is 0 Å². The molecule has 0 bridgehead atoms. The minimum atomic E-state index is -4.37. The molecule has 2 aromatic carbocycles. The van der Waals surface area contributed by atoms with Crippen LogP contribution < -0.4 is 0 Å². The summed E-state index contributed by atoms with van der Waals surface area (Å²) in [6, 6.07) is 7.95. The minimum Gasteiger partial charge on any atom is -0.333 e. The summed E-state index contributed by atoms with van der Waals surface area (Å²) in [7, 11) is -2.93. The van der Waals surface area contributed by atoms with Crippen molar-refractivity contribution in [2.24, 2.45) is 7.05 Å². The third kappa shape index (κ3) is 4.51. The lowest BCUT2D eigenvalue weighted by Gasteiger charge is -2.14. The molecule has 0 aliphatic rings. The van der Waals surface area contributed by atoms with E-state index in [0.29, 0.717) is 4.90 Å². The van der Waals surface area contributed by atoms with Gasteiger partial charge in [0.15, 0.2) is 0 Å². The number of Topliss-reactive ketones (excluding diaryl/α,β-unsaturated/α-hetero) is 1. The Bertz CT molecular complexity index is 1310. The Kier molecular flexibility index (Phi) is 6.92. The Hall–Kier alpha value is -2.49. The quantitative estimate of drug-likeness (QED) is 0.239. The largest absolute Gasteiger partial charge is 0.333 e. The molecule has 0 fully saturated rings. The number of rotatable bonds is 7. The molecule has 0 N–H and O–H groups in total. The van der Waals surface area contributed by atoms with Crippen molar-refractivity contribution in [3.63, 3.8) is 0 Å². The van der Waals surface area contributed by atoms with E-state index >= 15 is 0 Å². The molecular weight excluding hydrogens is 478 g/mol. The number of hydrogen-bond acceptors (Lipinski definition) is 5. The van der Waals surface area contributed by atoms with E-state index in [9.17, 15) is 22.0 Å². The number of benzene rings is 2. The first-order valence-electron chi connectivity index (χ1n) is 9.36. The smallest absolute Gasteiger partial charge is 0.224 e. The highest BCUT2D eigenvalue weighted by molar-refractivity contribution is 8.01. The van der Waals surface area contributed by atoms with E-state index in [1.165, 1.54) is 41.7 Å². The number of nitrogens with zero attached hydrogens (tertiary/aromatic N) is 2. The molecule has 168 valence electrons. The summed E-state index contributed by atoms with van der Waals surface area (Å²) in [4.78, 5) is 16.4. The molecule has 0 aliphatic heterocycles. The molecule has 3 aromatic rings. The first-order chi connectivity index (χ1) is 14.9. The van der Waals surface area contributed by atoms with Crippen LogP contribution in [0.3, 0.4) is 0 Å². The SMILES string of the molecule is C=C(C(=O)c1cn(C)c(-c2c(F)cccc2F)n1)S(=O)(=O)c1c(Cl)cccc1SC(C)C. The topological polar surface area (TPSA) is 69.0 Å². The van der Waals surface area contributed by atoms with E-state index in [4.69, 9.17) is 11.6 Å². The molecular formula is C22H19ClF2N2O3S2. The van der Waals surface area contributed by atoms with Gasteiger partial charge in [-0.15, -0.1) is 11.8 Å². The zero-order valence-electron chi connectivity index (χ0n) is 17.4. The Balaban J connectivity index is 2.05. The van der Waals surface area contributed by atoms with Gasteiger partial charge in [0.25, 0.3) is 0 Å². The van der Waals surface area contributed by atoms with Crippen LogP contribution in [0.25, 0.3) is 11.4 Å². The molecule has 32 heavy (non-hydrogen) atoms. The van der Waals surface area contributed by atoms with E-state index in [0.717, 1.165) is 12.1 Å². The molecule has 3 rings (SSSR count). The average Bonchev–Trinajstić information content (AvgIpc) is 3.07. The molecule has 0 saturated heterocycles. The number of carbonyl (C=O) groups excluding carboxylic acids is 1. The molecule has 0 aliphatic carbocycles. The molecule has 5 nitrogen and oxygen atoms in total. The van der Waals surface area contributed by atoms with Crippen molar-refractivity contribution in [1.82, 2.24) is 9.55 Å². The predicted molar refractivity (Wildman–Crippen MR) is 122 cm³/mol. The van der Waals surface area contributed by atoms with Gasteiger partial charge in [-0.2, -0.15) is 0 Å². The zero-order valence-corrected chi connectivity index (χ0v) is 19.8. The highest BCUT2D eigenvalue weighted by atomic mass is 35.5. The van der Waals surface area contributed by atoms with Gasteiger partial charge in [0.2, 0.25) is 15.6 Å². The molecule has 10 heteroatoms. The van der Waals surface area contributed by atoms with E-state index in [1.54, 1.807) is 12.1 Å². The molecule has 1 heterocycles. The fourth-order valence-corrected chi connectivity index (χ4v) is 6.15. The van der Waals surface area contributed by atoms with Crippen LogP contribution in [-0.2, 0) is 16.9 Å². The summed E-state index contributed by atoms with van der Waals surface area (Å²) in [5, 5.41) is 0.0140. The van der Waals surface area contributed by atoms with Crippen LogP contribution >= 0.6 is 23.4 Å². The van der Waals surface area contributed by atoms with Crippen LogP contribution in [0, 0.1) is 11.6 Å². The number of carbonyl (C=O) groups is 1. The van der Waals surface area contributed by atoms with E-state index in [2.05, 4.69) is 11.6 Å². The molecule has 0 spiro atoms. The number of allylic oxidation sites excluding steroid dienone is 1. The van der Waals surface area contributed by atoms with Gasteiger partial charge >= 0.3 is 0 Å². The highest BCUT2D eigenvalue weighted by Crippen LogP contribution is 2.37. The second-order valence-corrected chi connectivity index (χ2v) is 11.1. The van der Waals surface area contributed by atoms with E-state index < -0.39 is 37.7 Å². The zero-order chi connectivity index (χ0) is 23.8. The minimum absolute atomic E-state index is 0.0419. The lowest BCUT2D eigenvalue weighted by Crippen LogP contribution is -2.15. The second-order valence-electron chi connectivity index (χ2n) is 7.15. The number of imidazole rings is 1. The molecule has 0 atom stereocenters. The van der Waals surface area contributed by atoms with Crippen molar-refractivity contribution < 1.29 is 22.0 Å². The molecule has 1 aromatic heterocycles. The maximum Gasteiger partial charge on any atom is 0.224 e. The fraction of sp³-hybridized carbons (Fsp3) is 0.182. The summed E-state index contributed by atoms with van der Waals surface area (Å²) in [5.74, 6) is -2.89. The first-order valence-corrected chi connectivity index (χ1v) is 12.1. The molecule has 0 amide bonds. The maximum absolute atomic E-state index is 14.2. The van der Waals surface area contributed by atoms with Crippen LogP contribution in [0.4, 0.5) is 8.78 Å². The second kappa shape index (κ2) is 9.17. The highest BCUT2D eigenvalue weighted by Gasteiger charge is 2.32. The fourth-order valence-electron chi connectivity index (χ4n) is 3.00. The van der Waals surface area contributed by atoms with Crippen LogP contribution in [0.15, 0.2) is 63.9 Å². The number of sulfone groups is 1. The lowest BCUT2D eigenvalue weighted by molar-refractivity contribution is 0.103. The number of halogens is 3. The van der Waals surface area contributed by atoms with Gasteiger partial charge in [-0.05, 0) is 24.3 Å². The summed E-state index contributed by atoms with van der Waals surface area (Å²) in [5.41, 5.74) is -0.743. The third-order valence-electron chi connectivity index (χ3n) is 4.44. The maximum atomic E-state index is 14.2. The lowest BCUT2D eigenvalue weighted by atomic mass is 10.2. The number of ketones is 1. The van der Waals surface area contributed by atoms with Crippen molar-refractivity contribution in [3.8, 4) is 11.4 Å². The predicted octanol–water partition coefficient (Wildman–Crippen LogP) is 5.69. The van der Waals surface area contributed by atoms with Crippen LogP contribution in [0.2, 0.25) is 5.02 Å². The average molecular weight is 497 g/mol. The van der Waals surface area contributed by atoms with E-state index in [-0.39, 0.29) is 26.7 Å². The molecule has 0 unspecified atom stereocenters. The van der Waals surface area contributed by atoms with Crippen molar-refractivity contribution in [2.45, 2.75) is 28.9 Å². The van der Waals surface area contributed by atoms with Crippen molar-refractivity contribution in [3.05, 3.63) is 76.4 Å². The summed E-state index contributed by atoms with van der Waals surface area (Å²) in [6.07, 6.45) is 1.20. The Morgan fingerprint density at radius 2 is 1.75 bits per heavy atom. The van der Waals surface area contributed by atoms with Gasteiger partial charge in [-0.3, -0.25) is 4.79 Å². The van der Waals surface area contributed by atoms with Crippen LogP contribution in [0.5, 0.6) is 0 Å². The van der Waals surface area contributed by atoms with Crippen molar-refractivity contribution >= 4 is 39.0 Å². The third-order valence-corrected chi connectivity index (χ3v) is 7.87. The van der Waals surface area contributed by atoms with Gasteiger partial charge in [0.1, 0.15) is 33.0 Å². The van der Waals surface area contributed by atoms with Crippen LogP contribution in [-0.4, -0.2) is 29.0 Å². The first kappa shape index (κ1) is 24.2. The number of aryl methyl sites for hydroxylation is 1.